The lowest BCUT2D eigenvalue weighted by Gasteiger charge is -2.32. The summed E-state index contributed by atoms with van der Waals surface area (Å²) in [6.45, 7) is 0. The molecule has 2 aromatic rings. The fourth-order valence-electron chi connectivity index (χ4n) is 2.97. The van der Waals surface area contributed by atoms with Gasteiger partial charge in [-0.15, -0.1) is 0 Å². The van der Waals surface area contributed by atoms with Gasteiger partial charge in [0.2, 0.25) is 0 Å². The zero-order valence-corrected chi connectivity index (χ0v) is 13.3. The standard InChI is InChI=1S/C18H20N4O2/c23-17(13-5-3-9-19-11-13)21-15-7-1-2-8-16(15)22-18(24)14-6-4-10-20-12-14/h3-6,9-12,15-16H,1-2,7-8H2,(H,21,23)(H,22,24). The summed E-state index contributed by atoms with van der Waals surface area (Å²) in [6, 6.07) is 6.77. The highest BCUT2D eigenvalue weighted by atomic mass is 16.2. The van der Waals surface area contributed by atoms with E-state index in [0.29, 0.717) is 11.1 Å². The molecule has 0 saturated heterocycles. The lowest BCUT2D eigenvalue weighted by atomic mass is 9.90. The van der Waals surface area contributed by atoms with Crippen molar-refractivity contribution in [2.45, 2.75) is 37.8 Å². The molecule has 1 saturated carbocycles. The highest BCUT2D eigenvalue weighted by Crippen LogP contribution is 2.19. The van der Waals surface area contributed by atoms with Gasteiger partial charge < -0.3 is 10.6 Å². The van der Waals surface area contributed by atoms with Crippen LogP contribution >= 0.6 is 0 Å². The van der Waals surface area contributed by atoms with Gasteiger partial charge in [-0.25, -0.2) is 0 Å². The molecule has 1 fully saturated rings. The summed E-state index contributed by atoms with van der Waals surface area (Å²) in [6.07, 6.45) is 10.1. The van der Waals surface area contributed by atoms with Crippen molar-refractivity contribution in [1.82, 2.24) is 20.6 Å². The summed E-state index contributed by atoms with van der Waals surface area (Å²) in [7, 11) is 0. The van der Waals surface area contributed by atoms with Crippen molar-refractivity contribution in [2.75, 3.05) is 0 Å². The molecule has 24 heavy (non-hydrogen) atoms. The van der Waals surface area contributed by atoms with Crippen molar-refractivity contribution < 1.29 is 9.59 Å². The summed E-state index contributed by atoms with van der Waals surface area (Å²) in [4.78, 5) is 32.6. The summed E-state index contributed by atoms with van der Waals surface area (Å²) in [5.74, 6) is -0.314. The Morgan fingerprint density at radius 3 is 1.67 bits per heavy atom. The number of nitrogens with one attached hydrogen (secondary N) is 2. The highest BCUT2D eigenvalue weighted by Gasteiger charge is 2.28. The predicted molar refractivity (Wildman–Crippen MR) is 89.5 cm³/mol. The zero-order chi connectivity index (χ0) is 16.8. The molecule has 6 nitrogen and oxygen atoms in total. The molecule has 3 rings (SSSR count). The molecule has 2 aromatic heterocycles. The van der Waals surface area contributed by atoms with Gasteiger partial charge in [-0.1, -0.05) is 12.8 Å². The Bertz CT molecular complexity index is 629. The number of nitrogens with zero attached hydrogens (tertiary/aromatic N) is 2. The normalized spacial score (nSPS) is 20.2. The third kappa shape index (κ3) is 3.95. The second kappa shape index (κ2) is 7.68. The maximum Gasteiger partial charge on any atom is 0.253 e. The summed E-state index contributed by atoms with van der Waals surface area (Å²) in [5, 5.41) is 6.07. The molecule has 2 unspecified atom stereocenters. The van der Waals surface area contributed by atoms with Crippen LogP contribution in [-0.4, -0.2) is 33.9 Å². The smallest absolute Gasteiger partial charge is 0.253 e. The van der Waals surface area contributed by atoms with Crippen molar-refractivity contribution in [2.24, 2.45) is 0 Å². The van der Waals surface area contributed by atoms with E-state index in [9.17, 15) is 9.59 Å². The van der Waals surface area contributed by atoms with E-state index in [1.54, 1.807) is 49.1 Å². The number of carbonyl (C=O) groups is 2. The second-order valence-corrected chi connectivity index (χ2v) is 5.93. The van der Waals surface area contributed by atoms with Crippen LogP contribution in [0.5, 0.6) is 0 Å². The quantitative estimate of drug-likeness (QED) is 0.900. The van der Waals surface area contributed by atoms with Crippen molar-refractivity contribution in [3.63, 3.8) is 0 Å². The van der Waals surface area contributed by atoms with Gasteiger partial charge in [-0.2, -0.15) is 0 Å². The van der Waals surface area contributed by atoms with Gasteiger partial charge in [0, 0.05) is 36.9 Å². The molecule has 1 aliphatic carbocycles. The molecule has 0 aromatic carbocycles. The van der Waals surface area contributed by atoms with Crippen LogP contribution in [0.1, 0.15) is 46.4 Å². The Hall–Kier alpha value is -2.76. The summed E-state index contributed by atoms with van der Waals surface area (Å²) >= 11 is 0. The van der Waals surface area contributed by atoms with Crippen LogP contribution in [0.15, 0.2) is 49.1 Å². The second-order valence-electron chi connectivity index (χ2n) is 5.93. The SMILES string of the molecule is O=C(NC1CCCCC1NC(=O)c1cccnc1)c1cccnc1. The largest absolute Gasteiger partial charge is 0.347 e. The molecule has 0 bridgehead atoms. The molecule has 1 aliphatic rings. The van der Waals surface area contributed by atoms with E-state index in [4.69, 9.17) is 0 Å². The molecule has 6 heteroatoms. The van der Waals surface area contributed by atoms with E-state index in [2.05, 4.69) is 20.6 Å². The first-order valence-electron chi connectivity index (χ1n) is 8.16. The minimum atomic E-state index is -0.157. The van der Waals surface area contributed by atoms with Crippen LogP contribution < -0.4 is 10.6 Å². The van der Waals surface area contributed by atoms with Gasteiger partial charge in [0.05, 0.1) is 11.1 Å². The monoisotopic (exact) mass is 324 g/mol. The average molecular weight is 324 g/mol. The van der Waals surface area contributed by atoms with Gasteiger partial charge in [-0.05, 0) is 37.1 Å². The zero-order valence-electron chi connectivity index (χ0n) is 13.3. The summed E-state index contributed by atoms with van der Waals surface area (Å²) in [5.41, 5.74) is 1.06. The van der Waals surface area contributed by atoms with Crippen molar-refractivity contribution >= 4 is 11.8 Å². The Labute approximate surface area is 140 Å². The first kappa shape index (κ1) is 16.1. The number of carbonyl (C=O) groups excluding carboxylic acids is 2. The van der Waals surface area contributed by atoms with Crippen molar-refractivity contribution in [3.8, 4) is 0 Å². The fourth-order valence-corrected chi connectivity index (χ4v) is 2.97. The van der Waals surface area contributed by atoms with E-state index in [1.807, 2.05) is 0 Å². The molecule has 0 spiro atoms. The third-order valence-electron chi connectivity index (χ3n) is 4.25. The van der Waals surface area contributed by atoms with Crippen molar-refractivity contribution in [1.29, 1.82) is 0 Å². The van der Waals surface area contributed by atoms with Gasteiger partial charge in [0.1, 0.15) is 0 Å². The lowest BCUT2D eigenvalue weighted by molar-refractivity contribution is 0.0862. The van der Waals surface area contributed by atoms with E-state index in [1.165, 1.54) is 0 Å². The molecule has 0 aliphatic heterocycles. The van der Waals surface area contributed by atoms with Gasteiger partial charge in [-0.3, -0.25) is 19.6 Å². The van der Waals surface area contributed by atoms with E-state index in [-0.39, 0.29) is 23.9 Å². The Kier molecular flexibility index (Phi) is 5.15. The van der Waals surface area contributed by atoms with E-state index >= 15 is 0 Å². The molecular formula is C18H20N4O2. The molecular weight excluding hydrogens is 304 g/mol. The van der Waals surface area contributed by atoms with E-state index < -0.39 is 0 Å². The molecule has 2 heterocycles. The van der Waals surface area contributed by atoms with Crippen LogP contribution in [0.25, 0.3) is 0 Å². The number of pyridine rings is 2. The van der Waals surface area contributed by atoms with Crippen LogP contribution in [0, 0.1) is 0 Å². The molecule has 2 N–H and O–H groups in total. The van der Waals surface area contributed by atoms with Crippen molar-refractivity contribution in [3.05, 3.63) is 60.2 Å². The van der Waals surface area contributed by atoms with Gasteiger partial charge in [0.15, 0.2) is 0 Å². The number of aromatic nitrogens is 2. The Morgan fingerprint density at radius 1 is 0.833 bits per heavy atom. The highest BCUT2D eigenvalue weighted by molar-refractivity contribution is 5.95. The molecule has 2 atom stereocenters. The number of hydrogen-bond donors (Lipinski definition) is 2. The number of rotatable bonds is 4. The molecule has 2 amide bonds. The molecule has 124 valence electrons. The van der Waals surface area contributed by atoms with Crippen LogP contribution in [0.4, 0.5) is 0 Å². The third-order valence-corrected chi connectivity index (χ3v) is 4.25. The topological polar surface area (TPSA) is 84.0 Å². The minimum Gasteiger partial charge on any atom is -0.347 e. The van der Waals surface area contributed by atoms with Gasteiger partial charge in [0.25, 0.3) is 11.8 Å². The van der Waals surface area contributed by atoms with E-state index in [0.717, 1.165) is 25.7 Å². The fraction of sp³-hybridized carbons (Fsp3) is 0.333. The number of hydrogen-bond acceptors (Lipinski definition) is 4. The maximum absolute atomic E-state index is 12.3. The minimum absolute atomic E-state index is 0.0768. The summed E-state index contributed by atoms with van der Waals surface area (Å²) < 4.78 is 0. The van der Waals surface area contributed by atoms with Crippen LogP contribution in [0.3, 0.4) is 0 Å². The Morgan fingerprint density at radius 2 is 1.29 bits per heavy atom. The number of amides is 2. The maximum atomic E-state index is 12.3. The predicted octanol–water partition coefficient (Wildman–Crippen LogP) is 1.95. The lowest BCUT2D eigenvalue weighted by Crippen LogP contribution is -2.53. The first-order valence-corrected chi connectivity index (χ1v) is 8.16. The van der Waals surface area contributed by atoms with Crippen LogP contribution in [0.2, 0.25) is 0 Å². The first-order chi connectivity index (χ1) is 11.7. The van der Waals surface area contributed by atoms with Gasteiger partial charge >= 0.3 is 0 Å². The Balaban J connectivity index is 1.65. The van der Waals surface area contributed by atoms with Crippen LogP contribution in [-0.2, 0) is 0 Å². The molecule has 0 radical (unpaired) electrons. The average Bonchev–Trinajstić information content (AvgIpc) is 2.64.